The summed E-state index contributed by atoms with van der Waals surface area (Å²) in [4.78, 5) is 24.0. The Bertz CT molecular complexity index is 694. The lowest BCUT2D eigenvalue weighted by molar-refractivity contribution is -0.118. The lowest BCUT2D eigenvalue weighted by atomic mass is 10.1. The third-order valence-corrected chi connectivity index (χ3v) is 3.26. The van der Waals surface area contributed by atoms with E-state index in [9.17, 15) is 9.59 Å². The van der Waals surface area contributed by atoms with Crippen molar-refractivity contribution in [2.75, 3.05) is 17.7 Å². The molecule has 0 radical (unpaired) electrons. The average Bonchev–Trinajstić information content (AvgIpc) is 2.55. The SMILES string of the molecule is COc1ccc(NC(=O)c2cccc(NC(=O)C(C)C)c2)cc1. The molecule has 0 aliphatic rings. The summed E-state index contributed by atoms with van der Waals surface area (Å²) in [6.07, 6.45) is 0. The van der Waals surface area contributed by atoms with E-state index in [1.54, 1.807) is 55.6 Å². The lowest BCUT2D eigenvalue weighted by Crippen LogP contribution is -2.18. The molecule has 0 aromatic heterocycles. The highest BCUT2D eigenvalue weighted by molar-refractivity contribution is 6.05. The van der Waals surface area contributed by atoms with Crippen LogP contribution in [0.4, 0.5) is 11.4 Å². The second-order valence-corrected chi connectivity index (χ2v) is 5.41. The molecule has 5 heteroatoms. The molecular formula is C18H20N2O3. The summed E-state index contributed by atoms with van der Waals surface area (Å²) in [5.41, 5.74) is 1.75. The number of hydrogen-bond acceptors (Lipinski definition) is 3. The number of methoxy groups -OCH3 is 1. The summed E-state index contributed by atoms with van der Waals surface area (Å²) in [7, 11) is 1.59. The summed E-state index contributed by atoms with van der Waals surface area (Å²) >= 11 is 0. The predicted octanol–water partition coefficient (Wildman–Crippen LogP) is 3.54. The molecule has 0 fully saturated rings. The fourth-order valence-corrected chi connectivity index (χ4v) is 1.90. The Hall–Kier alpha value is -2.82. The molecule has 2 N–H and O–H groups in total. The van der Waals surface area contributed by atoms with Crippen LogP contribution in [0.1, 0.15) is 24.2 Å². The second kappa shape index (κ2) is 7.45. The highest BCUT2D eigenvalue weighted by Gasteiger charge is 2.10. The van der Waals surface area contributed by atoms with Gasteiger partial charge in [0.05, 0.1) is 7.11 Å². The molecule has 23 heavy (non-hydrogen) atoms. The van der Waals surface area contributed by atoms with Crippen LogP contribution in [0, 0.1) is 5.92 Å². The van der Waals surface area contributed by atoms with Gasteiger partial charge in [0.25, 0.3) is 5.91 Å². The zero-order valence-electron chi connectivity index (χ0n) is 13.4. The van der Waals surface area contributed by atoms with Crippen LogP contribution in [0.2, 0.25) is 0 Å². The fraction of sp³-hybridized carbons (Fsp3) is 0.222. The van der Waals surface area contributed by atoms with Gasteiger partial charge in [-0.2, -0.15) is 0 Å². The standard InChI is InChI=1S/C18H20N2O3/c1-12(2)17(21)20-15-6-4-5-13(11-15)18(22)19-14-7-9-16(23-3)10-8-14/h4-12H,1-3H3,(H,19,22)(H,20,21). The van der Waals surface area contributed by atoms with Gasteiger partial charge in [-0.15, -0.1) is 0 Å². The molecular weight excluding hydrogens is 292 g/mol. The molecule has 2 rings (SSSR count). The Kier molecular flexibility index (Phi) is 5.36. The summed E-state index contributed by atoms with van der Waals surface area (Å²) in [5, 5.41) is 5.59. The fourth-order valence-electron chi connectivity index (χ4n) is 1.90. The minimum absolute atomic E-state index is 0.0855. The van der Waals surface area contributed by atoms with Crippen LogP contribution in [0.15, 0.2) is 48.5 Å². The van der Waals surface area contributed by atoms with E-state index in [1.165, 1.54) is 0 Å². The van der Waals surface area contributed by atoms with Gasteiger partial charge in [-0.1, -0.05) is 19.9 Å². The van der Waals surface area contributed by atoms with Crippen LogP contribution in [0.3, 0.4) is 0 Å². The van der Waals surface area contributed by atoms with Crippen LogP contribution < -0.4 is 15.4 Å². The molecule has 0 saturated carbocycles. The number of carbonyl (C=O) groups excluding carboxylic acids is 2. The van der Waals surface area contributed by atoms with Crippen LogP contribution in [0.25, 0.3) is 0 Å². The van der Waals surface area contributed by atoms with E-state index in [2.05, 4.69) is 10.6 Å². The van der Waals surface area contributed by atoms with Crippen LogP contribution >= 0.6 is 0 Å². The van der Waals surface area contributed by atoms with Gasteiger partial charge in [0.2, 0.25) is 5.91 Å². The number of hydrogen-bond donors (Lipinski definition) is 2. The Morgan fingerprint density at radius 2 is 1.65 bits per heavy atom. The maximum Gasteiger partial charge on any atom is 0.255 e. The number of nitrogens with one attached hydrogen (secondary N) is 2. The molecule has 2 aromatic carbocycles. The number of benzene rings is 2. The van der Waals surface area contributed by atoms with Gasteiger partial charge in [-0.05, 0) is 42.5 Å². The van der Waals surface area contributed by atoms with Gasteiger partial charge in [0.1, 0.15) is 5.75 Å². The summed E-state index contributed by atoms with van der Waals surface area (Å²) in [5.74, 6) is 0.279. The van der Waals surface area contributed by atoms with E-state index in [0.717, 1.165) is 5.75 Å². The molecule has 0 atom stereocenters. The minimum atomic E-state index is -0.240. The first-order chi connectivity index (χ1) is 11.0. The van der Waals surface area contributed by atoms with E-state index in [4.69, 9.17) is 4.74 Å². The monoisotopic (exact) mass is 312 g/mol. The number of ether oxygens (including phenoxy) is 1. The predicted molar refractivity (Wildman–Crippen MR) is 90.9 cm³/mol. The molecule has 2 aromatic rings. The first-order valence-electron chi connectivity index (χ1n) is 7.36. The lowest BCUT2D eigenvalue weighted by Gasteiger charge is -2.10. The second-order valence-electron chi connectivity index (χ2n) is 5.41. The zero-order chi connectivity index (χ0) is 16.8. The third kappa shape index (κ3) is 4.57. The number of anilines is 2. The third-order valence-electron chi connectivity index (χ3n) is 3.26. The number of rotatable bonds is 5. The normalized spacial score (nSPS) is 10.3. The maximum absolute atomic E-state index is 12.3. The van der Waals surface area contributed by atoms with Crippen molar-refractivity contribution in [3.8, 4) is 5.75 Å². The number of amides is 2. The first-order valence-corrected chi connectivity index (χ1v) is 7.36. The highest BCUT2D eigenvalue weighted by Crippen LogP contribution is 2.17. The smallest absolute Gasteiger partial charge is 0.255 e. The van der Waals surface area contributed by atoms with Gasteiger partial charge in [0, 0.05) is 22.9 Å². The summed E-state index contributed by atoms with van der Waals surface area (Å²) < 4.78 is 5.08. The van der Waals surface area contributed by atoms with Crippen molar-refractivity contribution in [3.05, 3.63) is 54.1 Å². The van der Waals surface area contributed by atoms with Crippen LogP contribution in [-0.4, -0.2) is 18.9 Å². The van der Waals surface area contributed by atoms with E-state index < -0.39 is 0 Å². The molecule has 0 aliphatic heterocycles. The van der Waals surface area contributed by atoms with E-state index >= 15 is 0 Å². The van der Waals surface area contributed by atoms with Gasteiger partial charge in [-0.25, -0.2) is 0 Å². The molecule has 0 aliphatic carbocycles. The molecule has 0 unspecified atom stereocenters. The van der Waals surface area contributed by atoms with Gasteiger partial charge in [-0.3, -0.25) is 9.59 Å². The van der Waals surface area contributed by atoms with Gasteiger partial charge in [0.15, 0.2) is 0 Å². The van der Waals surface area contributed by atoms with Gasteiger partial charge < -0.3 is 15.4 Å². The van der Waals surface area contributed by atoms with E-state index in [0.29, 0.717) is 16.9 Å². The Balaban J connectivity index is 2.08. The Morgan fingerprint density at radius 3 is 2.26 bits per heavy atom. The van der Waals surface area contributed by atoms with Crippen LogP contribution in [0.5, 0.6) is 5.75 Å². The van der Waals surface area contributed by atoms with Crippen LogP contribution in [-0.2, 0) is 4.79 Å². The highest BCUT2D eigenvalue weighted by atomic mass is 16.5. The molecule has 0 bridgehead atoms. The molecule has 0 spiro atoms. The quantitative estimate of drug-likeness (QED) is 0.887. The summed E-state index contributed by atoms with van der Waals surface area (Å²) in [6, 6.07) is 13.9. The van der Waals surface area contributed by atoms with Crippen molar-refractivity contribution in [3.63, 3.8) is 0 Å². The van der Waals surface area contributed by atoms with Crippen molar-refractivity contribution >= 4 is 23.2 Å². The van der Waals surface area contributed by atoms with Crippen molar-refractivity contribution in [1.82, 2.24) is 0 Å². The topological polar surface area (TPSA) is 67.4 Å². The molecule has 0 saturated heterocycles. The maximum atomic E-state index is 12.3. The summed E-state index contributed by atoms with van der Waals surface area (Å²) in [6.45, 7) is 3.63. The van der Waals surface area contributed by atoms with E-state index in [1.807, 2.05) is 13.8 Å². The molecule has 2 amide bonds. The largest absolute Gasteiger partial charge is 0.497 e. The van der Waals surface area contributed by atoms with Crippen molar-refractivity contribution in [2.45, 2.75) is 13.8 Å². The molecule has 0 heterocycles. The Labute approximate surface area is 135 Å². The van der Waals surface area contributed by atoms with Crippen molar-refractivity contribution in [2.24, 2.45) is 5.92 Å². The van der Waals surface area contributed by atoms with E-state index in [-0.39, 0.29) is 17.7 Å². The minimum Gasteiger partial charge on any atom is -0.497 e. The molecule has 5 nitrogen and oxygen atoms in total. The van der Waals surface area contributed by atoms with Gasteiger partial charge >= 0.3 is 0 Å². The van der Waals surface area contributed by atoms with Crippen molar-refractivity contribution in [1.29, 1.82) is 0 Å². The van der Waals surface area contributed by atoms with Crippen molar-refractivity contribution < 1.29 is 14.3 Å². The Morgan fingerprint density at radius 1 is 0.957 bits per heavy atom. The zero-order valence-corrected chi connectivity index (χ0v) is 13.4. The first kappa shape index (κ1) is 16.5. The average molecular weight is 312 g/mol. The number of carbonyl (C=O) groups is 2. The molecule has 120 valence electrons.